The topological polar surface area (TPSA) is 228 Å². The van der Waals surface area contributed by atoms with E-state index in [1.165, 1.54) is 141 Å². The van der Waals surface area contributed by atoms with Gasteiger partial charge < -0.3 is 65.1 Å². The van der Waals surface area contributed by atoms with Crippen molar-refractivity contribution < 1.29 is 64.6 Å². The van der Waals surface area contributed by atoms with Gasteiger partial charge >= 0.3 is 0 Å². The molecular weight excluding hydrogens is 823 g/mol. The number of carbonyl (C=O) groups excluding carboxylic acids is 1. The van der Waals surface area contributed by atoms with Crippen LogP contribution >= 0.6 is 0 Å². The second-order valence-corrected chi connectivity index (χ2v) is 18.7. The molecule has 2 rings (SSSR count). The lowest BCUT2D eigenvalue weighted by atomic mass is 9.97. The zero-order valence-corrected chi connectivity index (χ0v) is 40.0. The smallest absolute Gasteiger partial charge is 0.220 e. The number of hydrogen-bond acceptors (Lipinski definition) is 13. The Balaban J connectivity index is 1.83. The number of nitrogens with one attached hydrogen (secondary N) is 1. The first-order valence-electron chi connectivity index (χ1n) is 25.9. The molecule has 2 aliphatic rings. The molecule has 1 amide bonds. The number of amides is 1. The van der Waals surface area contributed by atoms with Crippen molar-refractivity contribution in [2.75, 3.05) is 19.8 Å². The molecule has 0 spiro atoms. The van der Waals surface area contributed by atoms with Crippen LogP contribution in [0.3, 0.4) is 0 Å². The predicted octanol–water partition coefficient (Wildman–Crippen LogP) is 6.77. The molecule has 0 aromatic heterocycles. The fourth-order valence-electron chi connectivity index (χ4n) is 8.70. The molecule has 2 aliphatic heterocycles. The van der Waals surface area contributed by atoms with Crippen LogP contribution in [-0.2, 0) is 23.7 Å². The van der Waals surface area contributed by atoms with Crippen LogP contribution in [0.4, 0.5) is 0 Å². The van der Waals surface area contributed by atoms with Gasteiger partial charge in [0.2, 0.25) is 5.91 Å². The lowest BCUT2D eigenvalue weighted by Crippen LogP contribution is -2.65. The number of carbonyl (C=O) groups is 1. The first-order valence-corrected chi connectivity index (χ1v) is 25.9. The van der Waals surface area contributed by atoms with Gasteiger partial charge in [0.15, 0.2) is 12.6 Å². The second kappa shape index (κ2) is 37.7. The minimum atomic E-state index is -1.78. The van der Waals surface area contributed by atoms with E-state index in [-0.39, 0.29) is 18.9 Å². The van der Waals surface area contributed by atoms with Crippen LogP contribution in [0.15, 0.2) is 12.2 Å². The van der Waals surface area contributed by atoms with Gasteiger partial charge in [-0.3, -0.25) is 4.79 Å². The minimum Gasteiger partial charge on any atom is -0.394 e. The van der Waals surface area contributed by atoms with E-state index in [0.717, 1.165) is 38.5 Å². The highest BCUT2D eigenvalue weighted by Gasteiger charge is 2.51. The summed E-state index contributed by atoms with van der Waals surface area (Å²) < 4.78 is 22.7. The van der Waals surface area contributed by atoms with Crippen LogP contribution in [0.25, 0.3) is 0 Å². The Kier molecular flexibility index (Phi) is 34.7. The summed E-state index contributed by atoms with van der Waals surface area (Å²) in [7, 11) is 0. The van der Waals surface area contributed by atoms with Gasteiger partial charge in [0.25, 0.3) is 0 Å². The predicted molar refractivity (Wildman–Crippen MR) is 249 cm³/mol. The summed E-state index contributed by atoms with van der Waals surface area (Å²) >= 11 is 0. The highest BCUT2D eigenvalue weighted by molar-refractivity contribution is 5.76. The summed E-state index contributed by atoms with van der Waals surface area (Å²) in [6.45, 7) is 2.79. The second-order valence-electron chi connectivity index (χ2n) is 18.7. The Labute approximate surface area is 386 Å². The van der Waals surface area contributed by atoms with Crippen LogP contribution in [0, 0.1) is 0 Å². The van der Waals surface area contributed by atoms with Gasteiger partial charge in [-0.2, -0.15) is 0 Å². The molecule has 0 aromatic carbocycles. The molecule has 64 heavy (non-hydrogen) atoms. The summed E-state index contributed by atoms with van der Waals surface area (Å²) in [6, 6.07) is -0.907. The first-order chi connectivity index (χ1) is 31.1. The molecule has 0 bridgehead atoms. The zero-order chi connectivity index (χ0) is 46.8. The van der Waals surface area contributed by atoms with Crippen molar-refractivity contribution in [1.82, 2.24) is 5.32 Å². The van der Waals surface area contributed by atoms with Gasteiger partial charge in [0.1, 0.15) is 48.8 Å². The molecule has 0 radical (unpaired) electrons. The minimum absolute atomic E-state index is 0.237. The zero-order valence-electron chi connectivity index (χ0n) is 40.0. The monoisotopic (exact) mass is 918 g/mol. The van der Waals surface area contributed by atoms with Crippen LogP contribution in [0.1, 0.15) is 206 Å². The van der Waals surface area contributed by atoms with Gasteiger partial charge in [0, 0.05) is 6.42 Å². The molecule has 4 unspecified atom stereocenters. The average Bonchev–Trinajstić information content (AvgIpc) is 3.29. The summed E-state index contributed by atoms with van der Waals surface area (Å²) in [5, 5.41) is 86.7. The molecular formula is C50H95NO13. The number of aliphatic hydroxyl groups is 8. The van der Waals surface area contributed by atoms with Crippen LogP contribution in [0.5, 0.6) is 0 Å². The van der Waals surface area contributed by atoms with Gasteiger partial charge in [0.05, 0.1) is 32.0 Å². The molecule has 2 fully saturated rings. The Bertz CT molecular complexity index is 1130. The third-order valence-electron chi connectivity index (χ3n) is 13.0. The fraction of sp³-hybridized carbons (Fsp3) is 0.940. The summed E-state index contributed by atoms with van der Waals surface area (Å²) in [6.07, 6.45) is 22.5. The maximum Gasteiger partial charge on any atom is 0.220 e. The molecule has 378 valence electrons. The van der Waals surface area contributed by atoms with Crippen molar-refractivity contribution in [3.63, 3.8) is 0 Å². The number of aliphatic hydroxyl groups excluding tert-OH is 8. The summed E-state index contributed by atoms with van der Waals surface area (Å²) in [4.78, 5) is 13.2. The van der Waals surface area contributed by atoms with Gasteiger partial charge in [-0.1, -0.05) is 193 Å². The van der Waals surface area contributed by atoms with E-state index in [1.54, 1.807) is 6.08 Å². The molecule has 14 nitrogen and oxygen atoms in total. The molecule has 14 heteroatoms. The van der Waals surface area contributed by atoms with E-state index in [9.17, 15) is 45.6 Å². The van der Waals surface area contributed by atoms with Crippen LogP contribution in [-0.4, -0.2) is 140 Å². The van der Waals surface area contributed by atoms with Crippen molar-refractivity contribution in [1.29, 1.82) is 0 Å². The van der Waals surface area contributed by atoms with E-state index in [2.05, 4.69) is 19.2 Å². The molecule has 2 heterocycles. The van der Waals surface area contributed by atoms with Gasteiger partial charge in [-0.15, -0.1) is 0 Å². The number of ether oxygens (including phenoxy) is 4. The van der Waals surface area contributed by atoms with E-state index in [1.807, 2.05) is 6.08 Å². The normalized spacial score (nSPS) is 27.3. The molecule has 12 atom stereocenters. The largest absolute Gasteiger partial charge is 0.394 e. The molecule has 0 aliphatic carbocycles. The quantitative estimate of drug-likeness (QED) is 0.0229. The SMILES string of the molecule is CCCCCCCCCCCCC/C=C/[C@@H](O)[C@H](CO[C@@H]1OC(CO)[C@H](O[C@@H]2OC(CO)[C@H](O)[C@H](O)C2O)[C@H](O)C1O)NC(=O)CCCCCCCCCCCCCCCCCCC. The van der Waals surface area contributed by atoms with Gasteiger partial charge in [-0.05, 0) is 19.3 Å². The molecule has 0 saturated carbocycles. The number of allylic oxidation sites excluding steroid dienone is 1. The van der Waals surface area contributed by atoms with Crippen LogP contribution < -0.4 is 5.32 Å². The highest BCUT2D eigenvalue weighted by Crippen LogP contribution is 2.30. The molecule has 0 aromatic rings. The van der Waals surface area contributed by atoms with E-state index < -0.39 is 86.8 Å². The third kappa shape index (κ3) is 24.7. The number of hydrogen-bond donors (Lipinski definition) is 9. The lowest BCUT2D eigenvalue weighted by molar-refractivity contribution is -0.359. The van der Waals surface area contributed by atoms with Crippen molar-refractivity contribution in [3.8, 4) is 0 Å². The number of rotatable bonds is 40. The van der Waals surface area contributed by atoms with E-state index in [4.69, 9.17) is 18.9 Å². The van der Waals surface area contributed by atoms with E-state index in [0.29, 0.717) is 6.42 Å². The molecule has 2 saturated heterocycles. The standard InChI is InChI=1S/C50H95NO13/c1-3-5-7-9-11-13-15-17-18-19-20-22-24-26-28-30-32-34-42(55)51-38(39(54)33-31-29-27-25-23-21-16-14-12-10-8-6-4-2)37-61-49-47(60)45(58)48(41(36-53)63-49)64-50-46(59)44(57)43(56)40(35-52)62-50/h31,33,38-41,43-50,52-54,56-60H,3-30,32,34-37H2,1-2H3,(H,51,55)/b33-31+/t38-,39+,40?,41?,43-,44-,45+,46?,47?,48-,49+,50-/m0/s1. The maximum atomic E-state index is 13.2. The first kappa shape index (κ1) is 58.9. The van der Waals surface area contributed by atoms with Crippen molar-refractivity contribution in [2.24, 2.45) is 0 Å². The summed E-state index contributed by atoms with van der Waals surface area (Å²) in [5.74, 6) is -0.237. The van der Waals surface area contributed by atoms with Crippen molar-refractivity contribution >= 4 is 5.91 Å². The van der Waals surface area contributed by atoms with E-state index >= 15 is 0 Å². The number of unbranched alkanes of at least 4 members (excludes halogenated alkanes) is 27. The average molecular weight is 918 g/mol. The third-order valence-corrected chi connectivity index (χ3v) is 13.0. The van der Waals surface area contributed by atoms with Crippen LogP contribution in [0.2, 0.25) is 0 Å². The fourth-order valence-corrected chi connectivity index (χ4v) is 8.70. The van der Waals surface area contributed by atoms with Gasteiger partial charge in [-0.25, -0.2) is 0 Å². The Morgan fingerprint density at radius 1 is 0.547 bits per heavy atom. The summed E-state index contributed by atoms with van der Waals surface area (Å²) in [5.41, 5.74) is 0. The lowest BCUT2D eigenvalue weighted by Gasteiger charge is -2.46. The maximum absolute atomic E-state index is 13.2. The van der Waals surface area contributed by atoms with Crippen molar-refractivity contribution in [3.05, 3.63) is 12.2 Å². The Morgan fingerprint density at radius 2 is 0.969 bits per heavy atom. The Morgan fingerprint density at radius 3 is 1.44 bits per heavy atom. The Hall–Kier alpha value is -1.27. The molecule has 9 N–H and O–H groups in total. The van der Waals surface area contributed by atoms with Crippen molar-refractivity contribution in [2.45, 2.75) is 280 Å². The highest BCUT2D eigenvalue weighted by atomic mass is 16.7.